The molecule has 1 aliphatic heterocycles. The molecule has 2 rings (SSSR count). The van der Waals surface area contributed by atoms with Gasteiger partial charge in [-0.05, 0) is 70.3 Å². The summed E-state index contributed by atoms with van der Waals surface area (Å²) in [6.45, 7) is 8.14. The van der Waals surface area contributed by atoms with Crippen LogP contribution in [0.2, 0.25) is 0 Å². The topological polar surface area (TPSA) is 38.8 Å². The van der Waals surface area contributed by atoms with Gasteiger partial charge in [0.05, 0.1) is 19.1 Å². The molecule has 1 aromatic rings. The Morgan fingerprint density at radius 2 is 2.22 bits per heavy atom. The predicted molar refractivity (Wildman–Crippen MR) is 91.7 cm³/mol. The lowest BCUT2D eigenvalue weighted by Gasteiger charge is -2.31. The Bertz CT molecular complexity index is 489. The van der Waals surface area contributed by atoms with Gasteiger partial charge >= 0.3 is 5.97 Å². The molecule has 0 bridgehead atoms. The maximum atomic E-state index is 11.8. The van der Waals surface area contributed by atoms with E-state index in [9.17, 15) is 4.79 Å². The number of nitrogens with zero attached hydrogens (tertiary/aromatic N) is 1. The Morgan fingerprint density at radius 3 is 3.00 bits per heavy atom. The molecule has 0 amide bonds. The molecule has 0 saturated carbocycles. The highest BCUT2D eigenvalue weighted by Crippen LogP contribution is 2.18. The summed E-state index contributed by atoms with van der Waals surface area (Å²) in [4.78, 5) is 14.2. The number of piperidine rings is 1. The second-order valence-electron chi connectivity index (χ2n) is 6.26. The van der Waals surface area contributed by atoms with Crippen LogP contribution in [0, 0.1) is 12.8 Å². The lowest BCUT2D eigenvalue weighted by Crippen LogP contribution is -2.39. The van der Waals surface area contributed by atoms with Crippen LogP contribution in [-0.2, 0) is 9.53 Å². The third-order valence-electron chi connectivity index (χ3n) is 4.25. The van der Waals surface area contributed by atoms with E-state index in [1.807, 2.05) is 19.1 Å². The van der Waals surface area contributed by atoms with E-state index in [1.165, 1.54) is 5.56 Å². The quantitative estimate of drug-likeness (QED) is 0.543. The smallest absolute Gasteiger partial charge is 0.310 e. The third kappa shape index (κ3) is 6.22. The van der Waals surface area contributed by atoms with Crippen LogP contribution in [0.1, 0.15) is 38.2 Å². The zero-order valence-electron chi connectivity index (χ0n) is 14.4. The summed E-state index contributed by atoms with van der Waals surface area (Å²) in [5.41, 5.74) is 1.22. The van der Waals surface area contributed by atoms with Crippen molar-refractivity contribution in [2.45, 2.75) is 39.5 Å². The summed E-state index contributed by atoms with van der Waals surface area (Å²) in [5, 5.41) is 0. The van der Waals surface area contributed by atoms with Crippen molar-refractivity contribution in [1.29, 1.82) is 0 Å². The van der Waals surface area contributed by atoms with Gasteiger partial charge in [-0.25, -0.2) is 0 Å². The van der Waals surface area contributed by atoms with Crippen molar-refractivity contribution in [2.75, 3.05) is 32.8 Å². The number of likely N-dealkylation sites (tertiary alicyclic amines) is 1. The van der Waals surface area contributed by atoms with Crippen LogP contribution in [-0.4, -0.2) is 43.7 Å². The van der Waals surface area contributed by atoms with E-state index in [1.54, 1.807) is 0 Å². The lowest BCUT2D eigenvalue weighted by atomic mass is 9.98. The molecule has 1 saturated heterocycles. The molecule has 0 aromatic heterocycles. The molecule has 0 aliphatic carbocycles. The molecular weight excluding hydrogens is 290 g/mol. The maximum Gasteiger partial charge on any atom is 0.310 e. The van der Waals surface area contributed by atoms with Crippen molar-refractivity contribution in [1.82, 2.24) is 4.90 Å². The van der Waals surface area contributed by atoms with E-state index in [0.717, 1.165) is 57.7 Å². The van der Waals surface area contributed by atoms with Gasteiger partial charge in [0, 0.05) is 6.54 Å². The Kier molecular flexibility index (Phi) is 7.40. The molecule has 1 aliphatic rings. The number of ether oxygens (including phenoxy) is 2. The zero-order chi connectivity index (χ0) is 16.5. The van der Waals surface area contributed by atoms with E-state index >= 15 is 0 Å². The van der Waals surface area contributed by atoms with E-state index in [2.05, 4.69) is 24.0 Å². The van der Waals surface area contributed by atoms with Gasteiger partial charge in [0.25, 0.3) is 0 Å². The standard InChI is InChI=1S/C19H29NO3/c1-3-22-19(21)17-9-7-12-20(15-17)11-4-5-13-23-18-10-6-8-16(2)14-18/h6,8,10,14,17H,3-5,7,9,11-13,15H2,1-2H3/t17-/m1/s1. The van der Waals surface area contributed by atoms with Gasteiger partial charge in [0.1, 0.15) is 5.75 Å². The molecule has 1 atom stereocenters. The van der Waals surface area contributed by atoms with Gasteiger partial charge in [-0.2, -0.15) is 0 Å². The summed E-state index contributed by atoms with van der Waals surface area (Å²) < 4.78 is 10.9. The van der Waals surface area contributed by atoms with E-state index in [-0.39, 0.29) is 11.9 Å². The SMILES string of the molecule is CCOC(=O)[C@@H]1CCCN(CCCCOc2cccc(C)c2)C1. The molecule has 1 aromatic carbocycles. The van der Waals surface area contributed by atoms with Gasteiger partial charge in [0.15, 0.2) is 0 Å². The van der Waals surface area contributed by atoms with Crippen molar-refractivity contribution in [2.24, 2.45) is 5.92 Å². The van der Waals surface area contributed by atoms with Crippen molar-refractivity contribution < 1.29 is 14.3 Å². The van der Waals surface area contributed by atoms with Crippen molar-refractivity contribution in [3.8, 4) is 5.75 Å². The number of unbranched alkanes of at least 4 members (excludes halogenated alkanes) is 1. The minimum Gasteiger partial charge on any atom is -0.494 e. The fraction of sp³-hybridized carbons (Fsp3) is 0.632. The number of benzene rings is 1. The molecule has 1 fully saturated rings. The van der Waals surface area contributed by atoms with E-state index in [0.29, 0.717) is 6.61 Å². The fourth-order valence-electron chi connectivity index (χ4n) is 3.04. The number of hydrogen-bond donors (Lipinski definition) is 0. The Morgan fingerprint density at radius 1 is 1.35 bits per heavy atom. The van der Waals surface area contributed by atoms with Gasteiger partial charge < -0.3 is 14.4 Å². The number of carbonyl (C=O) groups excluding carboxylic acids is 1. The minimum absolute atomic E-state index is 0.0278. The second kappa shape index (κ2) is 9.56. The first-order valence-electron chi connectivity index (χ1n) is 8.77. The molecule has 0 radical (unpaired) electrons. The normalized spacial score (nSPS) is 18.6. The van der Waals surface area contributed by atoms with E-state index < -0.39 is 0 Å². The highest BCUT2D eigenvalue weighted by atomic mass is 16.5. The molecular formula is C19H29NO3. The average Bonchev–Trinajstić information content (AvgIpc) is 2.55. The number of hydrogen-bond acceptors (Lipinski definition) is 4. The monoisotopic (exact) mass is 319 g/mol. The molecule has 1 heterocycles. The van der Waals surface area contributed by atoms with Crippen LogP contribution >= 0.6 is 0 Å². The Labute approximate surface area is 139 Å². The predicted octanol–water partition coefficient (Wildman–Crippen LogP) is 3.43. The summed E-state index contributed by atoms with van der Waals surface area (Å²) in [5.74, 6) is 0.984. The molecule has 0 N–H and O–H groups in total. The number of esters is 1. The van der Waals surface area contributed by atoms with Crippen LogP contribution in [0.4, 0.5) is 0 Å². The van der Waals surface area contributed by atoms with E-state index in [4.69, 9.17) is 9.47 Å². The zero-order valence-corrected chi connectivity index (χ0v) is 14.4. The number of carbonyl (C=O) groups is 1. The van der Waals surface area contributed by atoms with Gasteiger partial charge in [0.2, 0.25) is 0 Å². The first-order chi connectivity index (χ1) is 11.2. The van der Waals surface area contributed by atoms with Crippen molar-refractivity contribution in [3.05, 3.63) is 29.8 Å². The third-order valence-corrected chi connectivity index (χ3v) is 4.25. The Hall–Kier alpha value is -1.55. The molecule has 128 valence electrons. The van der Waals surface area contributed by atoms with Crippen LogP contribution in [0.3, 0.4) is 0 Å². The summed E-state index contributed by atoms with van der Waals surface area (Å²) in [6, 6.07) is 8.16. The molecule has 4 nitrogen and oxygen atoms in total. The summed E-state index contributed by atoms with van der Waals surface area (Å²) >= 11 is 0. The largest absolute Gasteiger partial charge is 0.494 e. The first kappa shape index (κ1) is 17.8. The van der Waals surface area contributed by atoms with Crippen LogP contribution in [0.15, 0.2) is 24.3 Å². The summed E-state index contributed by atoms with van der Waals surface area (Å²) in [6.07, 6.45) is 4.19. The Balaban J connectivity index is 1.61. The average molecular weight is 319 g/mol. The van der Waals surface area contributed by atoms with Crippen LogP contribution < -0.4 is 4.74 Å². The summed E-state index contributed by atoms with van der Waals surface area (Å²) in [7, 11) is 0. The number of aryl methyl sites for hydroxylation is 1. The fourth-order valence-corrected chi connectivity index (χ4v) is 3.04. The second-order valence-corrected chi connectivity index (χ2v) is 6.26. The molecule has 0 spiro atoms. The van der Waals surface area contributed by atoms with Gasteiger partial charge in [-0.15, -0.1) is 0 Å². The highest BCUT2D eigenvalue weighted by Gasteiger charge is 2.26. The lowest BCUT2D eigenvalue weighted by molar-refractivity contribution is -0.149. The molecule has 0 unspecified atom stereocenters. The van der Waals surface area contributed by atoms with Crippen molar-refractivity contribution >= 4 is 5.97 Å². The van der Waals surface area contributed by atoms with Crippen LogP contribution in [0.25, 0.3) is 0 Å². The van der Waals surface area contributed by atoms with Gasteiger partial charge in [-0.1, -0.05) is 12.1 Å². The van der Waals surface area contributed by atoms with Crippen molar-refractivity contribution in [3.63, 3.8) is 0 Å². The molecule has 23 heavy (non-hydrogen) atoms. The highest BCUT2D eigenvalue weighted by molar-refractivity contribution is 5.72. The minimum atomic E-state index is -0.0278. The maximum absolute atomic E-state index is 11.8. The van der Waals surface area contributed by atoms with Crippen LogP contribution in [0.5, 0.6) is 5.75 Å². The molecule has 4 heteroatoms. The van der Waals surface area contributed by atoms with Gasteiger partial charge in [-0.3, -0.25) is 4.79 Å². The number of rotatable bonds is 8. The first-order valence-corrected chi connectivity index (χ1v) is 8.77.